The van der Waals surface area contributed by atoms with Gasteiger partial charge in [0.15, 0.2) is 5.69 Å². The zero-order valence-corrected chi connectivity index (χ0v) is 10.7. The van der Waals surface area contributed by atoms with E-state index in [1.807, 2.05) is 49.7 Å². The molecular weight excluding hydrogens is 228 g/mol. The number of aryl methyl sites for hydroxylation is 2. The standard InChI is InChI=1S/C14H15N2O2/c1-10-4-7-12(8-5-10)14-13(16(17)18)9-6-11(2)15(14)3/h4-9H,1-3H3/q+1. The van der Waals surface area contributed by atoms with E-state index in [2.05, 4.69) is 0 Å². The SMILES string of the molecule is Cc1ccc(-c2c([N+](=O)[O-])ccc(C)[n+]2C)cc1. The van der Waals surface area contributed by atoms with Gasteiger partial charge in [-0.25, -0.2) is 0 Å². The first-order valence-corrected chi connectivity index (χ1v) is 5.72. The largest absolute Gasteiger partial charge is 0.340 e. The van der Waals surface area contributed by atoms with Crippen LogP contribution in [0.1, 0.15) is 11.3 Å². The molecule has 92 valence electrons. The van der Waals surface area contributed by atoms with Crippen LogP contribution in [0.2, 0.25) is 0 Å². The van der Waals surface area contributed by atoms with Crippen LogP contribution in [-0.2, 0) is 7.05 Å². The molecule has 4 heteroatoms. The van der Waals surface area contributed by atoms with E-state index in [0.29, 0.717) is 5.69 Å². The summed E-state index contributed by atoms with van der Waals surface area (Å²) in [5.41, 5.74) is 3.75. The summed E-state index contributed by atoms with van der Waals surface area (Å²) in [7, 11) is 1.84. The summed E-state index contributed by atoms with van der Waals surface area (Å²) in [4.78, 5) is 10.8. The van der Waals surface area contributed by atoms with E-state index in [1.165, 1.54) is 0 Å². The minimum absolute atomic E-state index is 0.131. The van der Waals surface area contributed by atoms with E-state index in [9.17, 15) is 10.1 Å². The highest BCUT2D eigenvalue weighted by molar-refractivity contribution is 5.66. The van der Waals surface area contributed by atoms with Crippen molar-refractivity contribution in [2.24, 2.45) is 7.05 Å². The fraction of sp³-hybridized carbons (Fsp3) is 0.214. The Kier molecular flexibility index (Phi) is 3.10. The summed E-state index contributed by atoms with van der Waals surface area (Å²) in [5, 5.41) is 11.1. The molecule has 0 saturated carbocycles. The molecule has 2 rings (SSSR count). The quantitative estimate of drug-likeness (QED) is 0.462. The average Bonchev–Trinajstić information content (AvgIpc) is 2.33. The van der Waals surface area contributed by atoms with Crippen LogP contribution in [0.25, 0.3) is 11.3 Å². The maximum absolute atomic E-state index is 11.1. The zero-order chi connectivity index (χ0) is 13.3. The van der Waals surface area contributed by atoms with Gasteiger partial charge in [-0.1, -0.05) is 17.7 Å². The third kappa shape index (κ3) is 2.09. The van der Waals surface area contributed by atoms with Crippen molar-refractivity contribution in [3.63, 3.8) is 0 Å². The van der Waals surface area contributed by atoms with E-state index in [4.69, 9.17) is 0 Å². The summed E-state index contributed by atoms with van der Waals surface area (Å²) in [5.74, 6) is 0. The summed E-state index contributed by atoms with van der Waals surface area (Å²) in [6, 6.07) is 11.1. The molecule has 18 heavy (non-hydrogen) atoms. The van der Waals surface area contributed by atoms with Gasteiger partial charge in [0.25, 0.3) is 5.69 Å². The Labute approximate surface area is 106 Å². The molecule has 0 unspecified atom stereocenters. The normalized spacial score (nSPS) is 10.4. The van der Waals surface area contributed by atoms with Crippen molar-refractivity contribution in [3.8, 4) is 11.3 Å². The molecule has 1 aromatic heterocycles. The van der Waals surface area contributed by atoms with Gasteiger partial charge in [0, 0.05) is 19.1 Å². The van der Waals surface area contributed by atoms with Crippen LogP contribution in [0.15, 0.2) is 36.4 Å². The summed E-state index contributed by atoms with van der Waals surface area (Å²) in [6.45, 7) is 3.93. The minimum Gasteiger partial charge on any atom is -0.258 e. The molecule has 4 nitrogen and oxygen atoms in total. The molecule has 0 spiro atoms. The molecule has 0 fully saturated rings. The highest BCUT2D eigenvalue weighted by Crippen LogP contribution is 2.26. The van der Waals surface area contributed by atoms with Crippen LogP contribution in [0.4, 0.5) is 5.69 Å². The molecule has 0 aliphatic rings. The third-order valence-electron chi connectivity index (χ3n) is 3.11. The van der Waals surface area contributed by atoms with Crippen molar-refractivity contribution >= 4 is 5.69 Å². The predicted octanol–water partition coefficient (Wildman–Crippen LogP) is 2.70. The molecule has 0 radical (unpaired) electrons. The van der Waals surface area contributed by atoms with Gasteiger partial charge in [-0.2, -0.15) is 4.57 Å². The highest BCUT2D eigenvalue weighted by atomic mass is 16.6. The van der Waals surface area contributed by atoms with E-state index in [0.717, 1.165) is 16.8 Å². The number of hydrogen-bond acceptors (Lipinski definition) is 2. The van der Waals surface area contributed by atoms with Crippen LogP contribution < -0.4 is 4.57 Å². The van der Waals surface area contributed by atoms with Crippen LogP contribution in [0, 0.1) is 24.0 Å². The molecule has 1 heterocycles. The van der Waals surface area contributed by atoms with Crippen molar-refractivity contribution in [2.75, 3.05) is 0 Å². The fourth-order valence-corrected chi connectivity index (χ4v) is 1.94. The molecule has 0 N–H and O–H groups in total. The summed E-state index contributed by atoms with van der Waals surface area (Å²) < 4.78 is 1.85. The predicted molar refractivity (Wildman–Crippen MR) is 69.2 cm³/mol. The van der Waals surface area contributed by atoms with Crippen LogP contribution in [0.5, 0.6) is 0 Å². The Morgan fingerprint density at radius 1 is 1.06 bits per heavy atom. The topological polar surface area (TPSA) is 47.0 Å². The zero-order valence-electron chi connectivity index (χ0n) is 10.7. The van der Waals surface area contributed by atoms with Crippen LogP contribution in [-0.4, -0.2) is 4.92 Å². The second-order valence-electron chi connectivity index (χ2n) is 4.39. The van der Waals surface area contributed by atoms with Gasteiger partial charge >= 0.3 is 5.69 Å². The Morgan fingerprint density at radius 3 is 2.22 bits per heavy atom. The van der Waals surface area contributed by atoms with E-state index < -0.39 is 0 Å². The van der Waals surface area contributed by atoms with Crippen molar-refractivity contribution in [1.82, 2.24) is 0 Å². The fourth-order valence-electron chi connectivity index (χ4n) is 1.94. The number of pyridine rings is 1. The lowest BCUT2D eigenvalue weighted by molar-refractivity contribution is -0.669. The minimum atomic E-state index is -0.339. The lowest BCUT2D eigenvalue weighted by atomic mass is 10.1. The first-order chi connectivity index (χ1) is 8.50. The smallest absolute Gasteiger partial charge is 0.258 e. The molecule has 0 atom stereocenters. The molecule has 0 bridgehead atoms. The van der Waals surface area contributed by atoms with Crippen molar-refractivity contribution in [2.45, 2.75) is 13.8 Å². The van der Waals surface area contributed by atoms with Gasteiger partial charge in [0.1, 0.15) is 7.05 Å². The Morgan fingerprint density at radius 2 is 1.67 bits per heavy atom. The maximum atomic E-state index is 11.1. The molecule has 0 aliphatic heterocycles. The highest BCUT2D eigenvalue weighted by Gasteiger charge is 2.26. The van der Waals surface area contributed by atoms with E-state index in [-0.39, 0.29) is 10.6 Å². The Hall–Kier alpha value is -2.23. The van der Waals surface area contributed by atoms with E-state index in [1.54, 1.807) is 12.1 Å². The van der Waals surface area contributed by atoms with Crippen molar-refractivity contribution in [1.29, 1.82) is 0 Å². The number of hydrogen-bond donors (Lipinski definition) is 0. The van der Waals surface area contributed by atoms with Gasteiger partial charge < -0.3 is 0 Å². The third-order valence-corrected chi connectivity index (χ3v) is 3.11. The van der Waals surface area contributed by atoms with Gasteiger partial charge in [-0.3, -0.25) is 10.1 Å². The van der Waals surface area contributed by atoms with E-state index >= 15 is 0 Å². The lowest BCUT2D eigenvalue weighted by Crippen LogP contribution is -2.35. The molecule has 0 amide bonds. The Balaban J connectivity index is 2.71. The van der Waals surface area contributed by atoms with Gasteiger partial charge in [-0.15, -0.1) is 0 Å². The van der Waals surface area contributed by atoms with Crippen LogP contribution in [0.3, 0.4) is 0 Å². The van der Waals surface area contributed by atoms with Gasteiger partial charge in [0.2, 0.25) is 0 Å². The summed E-state index contributed by atoms with van der Waals surface area (Å²) in [6.07, 6.45) is 0. The van der Waals surface area contributed by atoms with Gasteiger partial charge in [-0.05, 0) is 19.1 Å². The molecule has 0 saturated heterocycles. The molecule has 0 aliphatic carbocycles. The monoisotopic (exact) mass is 243 g/mol. The second kappa shape index (κ2) is 4.56. The summed E-state index contributed by atoms with van der Waals surface area (Å²) >= 11 is 0. The van der Waals surface area contributed by atoms with Crippen molar-refractivity contribution in [3.05, 3.63) is 57.8 Å². The lowest BCUT2D eigenvalue weighted by Gasteiger charge is -2.04. The number of rotatable bonds is 2. The molecule has 1 aromatic carbocycles. The number of nitrogens with zero attached hydrogens (tertiary/aromatic N) is 2. The number of aromatic nitrogens is 1. The Bertz CT molecular complexity index is 604. The van der Waals surface area contributed by atoms with Gasteiger partial charge in [0.05, 0.1) is 10.5 Å². The second-order valence-corrected chi connectivity index (χ2v) is 4.39. The van der Waals surface area contributed by atoms with Crippen LogP contribution >= 0.6 is 0 Å². The number of benzene rings is 1. The molecule has 2 aromatic rings. The first-order valence-electron chi connectivity index (χ1n) is 5.72. The number of nitro groups is 1. The first kappa shape index (κ1) is 12.2. The molecular formula is C14H15N2O2+. The maximum Gasteiger partial charge on any atom is 0.340 e. The average molecular weight is 243 g/mol. The van der Waals surface area contributed by atoms with Crippen molar-refractivity contribution < 1.29 is 9.49 Å².